The molecule has 0 unspecified atom stereocenters. The summed E-state index contributed by atoms with van der Waals surface area (Å²) in [5.74, 6) is -0.520. The van der Waals surface area contributed by atoms with Gasteiger partial charge in [-0.25, -0.2) is 12.8 Å². The fourth-order valence-corrected chi connectivity index (χ4v) is 3.81. The summed E-state index contributed by atoms with van der Waals surface area (Å²) in [7, 11) is 1.31. The molecular formula is C6H2BrClFIO2S. The highest BCUT2D eigenvalue weighted by Crippen LogP contribution is 2.27. The first-order chi connectivity index (χ1) is 5.82. The average molecular weight is 399 g/mol. The van der Waals surface area contributed by atoms with Crippen LogP contribution in [0.15, 0.2) is 21.5 Å². The van der Waals surface area contributed by atoms with Crippen molar-refractivity contribution in [3.63, 3.8) is 0 Å². The number of halogens is 4. The molecule has 7 heteroatoms. The Labute approximate surface area is 101 Å². The highest BCUT2D eigenvalue weighted by atomic mass is 127. The van der Waals surface area contributed by atoms with E-state index in [2.05, 4.69) is 15.9 Å². The Morgan fingerprint density at radius 3 is 2.46 bits per heavy atom. The van der Waals surface area contributed by atoms with Gasteiger partial charge in [0.1, 0.15) is 5.82 Å². The zero-order chi connectivity index (χ0) is 10.2. The second-order valence-electron chi connectivity index (χ2n) is 2.13. The maximum Gasteiger partial charge on any atom is 0.262 e. The maximum atomic E-state index is 12.9. The minimum absolute atomic E-state index is 0.0761. The van der Waals surface area contributed by atoms with Gasteiger partial charge in [-0.2, -0.15) is 0 Å². The quantitative estimate of drug-likeness (QED) is 0.413. The van der Waals surface area contributed by atoms with E-state index >= 15 is 0 Å². The molecule has 0 radical (unpaired) electrons. The molecule has 0 saturated carbocycles. The van der Waals surface area contributed by atoms with Crippen molar-refractivity contribution in [2.24, 2.45) is 0 Å². The molecule has 0 atom stereocenters. The lowest BCUT2D eigenvalue weighted by Crippen LogP contribution is -1.95. The van der Waals surface area contributed by atoms with Gasteiger partial charge in [0, 0.05) is 14.3 Å². The van der Waals surface area contributed by atoms with E-state index in [1.165, 1.54) is 0 Å². The zero-order valence-electron chi connectivity index (χ0n) is 5.89. The summed E-state index contributed by atoms with van der Waals surface area (Å²) >= 11 is 4.57. The molecule has 0 saturated heterocycles. The van der Waals surface area contributed by atoms with Crippen molar-refractivity contribution in [2.75, 3.05) is 0 Å². The van der Waals surface area contributed by atoms with Gasteiger partial charge in [-0.05, 0) is 50.7 Å². The van der Waals surface area contributed by atoms with Crippen LogP contribution in [0, 0.1) is 9.39 Å². The summed E-state index contributed by atoms with van der Waals surface area (Å²) < 4.78 is 35.1. The van der Waals surface area contributed by atoms with Crippen LogP contribution in [-0.2, 0) is 9.05 Å². The molecule has 0 aliphatic heterocycles. The summed E-state index contributed by atoms with van der Waals surface area (Å²) in [5.41, 5.74) is 0. The highest BCUT2D eigenvalue weighted by Gasteiger charge is 2.16. The fourth-order valence-electron chi connectivity index (χ4n) is 0.691. The lowest BCUT2D eigenvalue weighted by atomic mass is 10.3. The van der Waals surface area contributed by atoms with Gasteiger partial charge in [-0.1, -0.05) is 0 Å². The standard InChI is InChI=1S/C6H2BrClFIO2S/c7-3-1-6(13(8,11)12)5(10)2-4(3)9/h1-2H. The third kappa shape index (κ3) is 2.77. The predicted molar refractivity (Wildman–Crippen MR) is 59.9 cm³/mol. The first-order valence-electron chi connectivity index (χ1n) is 2.91. The minimum atomic E-state index is -3.80. The van der Waals surface area contributed by atoms with Gasteiger partial charge >= 0.3 is 0 Å². The first kappa shape index (κ1) is 11.7. The average Bonchev–Trinajstić information content (AvgIpc) is 1.94. The molecule has 1 aromatic rings. The molecule has 0 aromatic heterocycles. The van der Waals surface area contributed by atoms with Crippen LogP contribution in [0.3, 0.4) is 0 Å². The largest absolute Gasteiger partial charge is 0.262 e. The van der Waals surface area contributed by atoms with Gasteiger partial charge in [-0.3, -0.25) is 0 Å². The molecule has 2 nitrogen and oxygen atoms in total. The van der Waals surface area contributed by atoms with E-state index in [1.807, 2.05) is 0 Å². The molecule has 72 valence electrons. The topological polar surface area (TPSA) is 34.1 Å². The van der Waals surface area contributed by atoms with Gasteiger partial charge < -0.3 is 0 Å². The minimum Gasteiger partial charge on any atom is -0.207 e. The molecule has 0 aliphatic rings. The van der Waals surface area contributed by atoms with Crippen molar-refractivity contribution >= 4 is 58.3 Å². The fraction of sp³-hybridized carbons (Fsp3) is 0. The van der Waals surface area contributed by atoms with Crippen LogP contribution >= 0.6 is 49.2 Å². The zero-order valence-corrected chi connectivity index (χ0v) is 11.2. The Hall–Kier alpha value is 0.600. The molecule has 13 heavy (non-hydrogen) atoms. The maximum absolute atomic E-state index is 12.9. The van der Waals surface area contributed by atoms with Crippen molar-refractivity contribution in [2.45, 2.75) is 4.90 Å². The third-order valence-corrected chi connectivity index (χ3v) is 4.47. The molecule has 0 aliphatic carbocycles. The lowest BCUT2D eigenvalue weighted by molar-refractivity contribution is 0.605. The molecule has 0 bridgehead atoms. The second kappa shape index (κ2) is 4.00. The van der Waals surface area contributed by atoms with E-state index in [4.69, 9.17) is 10.7 Å². The van der Waals surface area contributed by atoms with Gasteiger partial charge in [0.25, 0.3) is 9.05 Å². The van der Waals surface area contributed by atoms with Crippen LogP contribution in [0.25, 0.3) is 0 Å². The molecule has 0 fully saturated rings. The predicted octanol–water partition coefficient (Wildman–Crippen LogP) is 3.12. The molecule has 0 N–H and O–H groups in total. The van der Waals surface area contributed by atoms with Crippen LogP contribution in [0.4, 0.5) is 4.39 Å². The molecule has 1 rings (SSSR count). The monoisotopic (exact) mass is 398 g/mol. The van der Waals surface area contributed by atoms with E-state index in [-0.39, 0.29) is 12.9 Å². The van der Waals surface area contributed by atoms with Crippen LogP contribution in [0.1, 0.15) is 0 Å². The van der Waals surface area contributed by atoms with Crippen LogP contribution in [0.5, 0.6) is 0 Å². The third-order valence-electron chi connectivity index (χ3n) is 1.24. The Bertz CT molecular complexity index is 448. The van der Waals surface area contributed by atoms with Gasteiger partial charge in [0.05, 0.1) is 9.37 Å². The normalized spacial score (nSPS) is 11.7. The smallest absolute Gasteiger partial charge is 0.207 e. The summed E-state index contributed by atoms with van der Waals surface area (Å²) in [6.07, 6.45) is 0. The number of hydrogen-bond acceptors (Lipinski definition) is 2. The van der Waals surface area contributed by atoms with Crippen molar-refractivity contribution in [1.29, 1.82) is 0 Å². The molecule has 0 spiro atoms. The molecule has 0 amide bonds. The Kier molecular flexibility index (Phi) is 3.59. The molecular weight excluding hydrogens is 397 g/mol. The van der Waals surface area contributed by atoms with E-state index in [0.29, 0.717) is 0 Å². The van der Waals surface area contributed by atoms with Gasteiger partial charge in [-0.15, -0.1) is 0 Å². The van der Waals surface area contributed by atoms with Crippen LogP contribution < -0.4 is 0 Å². The molecule has 1 aromatic carbocycles. The number of rotatable bonds is 1. The summed E-state index contributed by atoms with van der Waals surface area (Å²) in [6, 6.07) is 2.24. The Morgan fingerprint density at radius 1 is 1.46 bits per heavy atom. The van der Waals surface area contributed by atoms with Crippen molar-refractivity contribution < 1.29 is 12.8 Å². The first-order valence-corrected chi connectivity index (χ1v) is 7.09. The Morgan fingerprint density at radius 2 is 2.00 bits per heavy atom. The van der Waals surface area contributed by atoms with E-state index in [0.717, 1.165) is 12.1 Å². The molecule has 0 heterocycles. The van der Waals surface area contributed by atoms with E-state index in [1.54, 1.807) is 22.6 Å². The van der Waals surface area contributed by atoms with E-state index < -0.39 is 14.9 Å². The van der Waals surface area contributed by atoms with Crippen LogP contribution in [0.2, 0.25) is 0 Å². The van der Waals surface area contributed by atoms with Gasteiger partial charge in [0.2, 0.25) is 0 Å². The van der Waals surface area contributed by atoms with Crippen LogP contribution in [-0.4, -0.2) is 8.42 Å². The van der Waals surface area contributed by atoms with Crippen molar-refractivity contribution in [3.05, 3.63) is 26.0 Å². The summed E-state index contributed by atoms with van der Waals surface area (Å²) in [4.78, 5) is -0.0944. The number of hydrogen-bond donors (Lipinski definition) is 0. The van der Waals surface area contributed by atoms with Gasteiger partial charge in [0.15, 0.2) is 0 Å². The van der Waals surface area contributed by atoms with Crippen molar-refractivity contribution in [1.82, 2.24) is 0 Å². The highest BCUT2D eigenvalue weighted by molar-refractivity contribution is 14.1. The lowest BCUT2D eigenvalue weighted by Gasteiger charge is -2.01. The van der Waals surface area contributed by atoms with Crippen molar-refractivity contribution in [3.8, 4) is 0 Å². The second-order valence-corrected chi connectivity index (χ2v) is 6.69. The summed E-state index contributed by atoms with van der Waals surface area (Å²) in [5, 5.41) is 0. The number of benzene rings is 1. The van der Waals surface area contributed by atoms with E-state index in [9.17, 15) is 12.8 Å². The SMILES string of the molecule is O=S(=O)(Cl)c1cc(Br)c(F)cc1I. The summed E-state index contributed by atoms with van der Waals surface area (Å²) in [6.45, 7) is 0. The Balaban J connectivity index is 3.50.